The molecule has 6 heteroatoms. The van der Waals surface area contributed by atoms with Crippen molar-refractivity contribution in [1.82, 2.24) is 0 Å². The Morgan fingerprint density at radius 2 is 2.07 bits per heavy atom. The molecule has 0 saturated carbocycles. The SMILES string of the molecule is CS(=O)(=O)CC(=O)c1c(F)cccc1Cl. The molecule has 1 aromatic carbocycles. The van der Waals surface area contributed by atoms with Gasteiger partial charge in [-0.25, -0.2) is 12.8 Å². The molecule has 82 valence electrons. The number of carbonyl (C=O) groups excluding carboxylic acids is 1. The molecule has 0 unspecified atom stereocenters. The third-order valence-corrected chi connectivity index (χ3v) is 2.74. The molecule has 0 N–H and O–H groups in total. The second-order valence-corrected chi connectivity index (χ2v) is 5.64. The highest BCUT2D eigenvalue weighted by atomic mass is 35.5. The van der Waals surface area contributed by atoms with Crippen LogP contribution in [-0.4, -0.2) is 26.2 Å². The Morgan fingerprint density at radius 3 is 2.53 bits per heavy atom. The van der Waals surface area contributed by atoms with Crippen molar-refractivity contribution in [2.75, 3.05) is 12.0 Å². The summed E-state index contributed by atoms with van der Waals surface area (Å²) in [7, 11) is -3.48. The van der Waals surface area contributed by atoms with E-state index in [0.717, 1.165) is 12.3 Å². The summed E-state index contributed by atoms with van der Waals surface area (Å²) >= 11 is 5.60. The van der Waals surface area contributed by atoms with Crippen molar-refractivity contribution < 1.29 is 17.6 Å². The minimum Gasteiger partial charge on any atom is -0.293 e. The summed E-state index contributed by atoms with van der Waals surface area (Å²) in [4.78, 5) is 11.4. The molecule has 0 heterocycles. The first-order chi connectivity index (χ1) is 6.81. The molecule has 3 nitrogen and oxygen atoms in total. The zero-order valence-corrected chi connectivity index (χ0v) is 9.40. The Bertz CT molecular complexity index is 476. The first-order valence-corrected chi connectivity index (χ1v) is 6.40. The third kappa shape index (κ3) is 3.28. The summed E-state index contributed by atoms with van der Waals surface area (Å²) in [6.07, 6.45) is 0.902. The van der Waals surface area contributed by atoms with Gasteiger partial charge in [0, 0.05) is 6.26 Å². The normalized spacial score (nSPS) is 11.4. The average Bonchev–Trinajstić information content (AvgIpc) is 1.99. The summed E-state index contributed by atoms with van der Waals surface area (Å²) in [6, 6.07) is 3.73. The van der Waals surface area contributed by atoms with E-state index >= 15 is 0 Å². The van der Waals surface area contributed by atoms with Gasteiger partial charge in [-0.1, -0.05) is 17.7 Å². The van der Waals surface area contributed by atoms with E-state index in [4.69, 9.17) is 11.6 Å². The standard InChI is InChI=1S/C9H8ClFO3S/c1-15(13,14)5-8(12)9-6(10)3-2-4-7(9)11/h2-4H,5H2,1H3. The van der Waals surface area contributed by atoms with Gasteiger partial charge in [0.15, 0.2) is 15.6 Å². The molecular formula is C9H8ClFO3S. The number of halogens is 2. The molecule has 0 radical (unpaired) electrons. The van der Waals surface area contributed by atoms with Crippen LogP contribution in [0.3, 0.4) is 0 Å². The molecule has 0 aliphatic rings. The van der Waals surface area contributed by atoms with Crippen molar-refractivity contribution in [3.05, 3.63) is 34.6 Å². The molecule has 1 rings (SSSR count). The molecular weight excluding hydrogens is 243 g/mol. The Kier molecular flexibility index (Phi) is 3.46. The lowest BCUT2D eigenvalue weighted by Gasteiger charge is -2.03. The van der Waals surface area contributed by atoms with E-state index in [1.54, 1.807) is 0 Å². The number of hydrogen-bond acceptors (Lipinski definition) is 3. The molecule has 0 aliphatic carbocycles. The summed E-state index contributed by atoms with van der Waals surface area (Å²) in [6.45, 7) is 0. The van der Waals surface area contributed by atoms with Gasteiger partial charge in [-0.15, -0.1) is 0 Å². The van der Waals surface area contributed by atoms with Gasteiger partial charge in [-0.2, -0.15) is 0 Å². The van der Waals surface area contributed by atoms with Crippen LogP contribution in [-0.2, 0) is 9.84 Å². The fraction of sp³-hybridized carbons (Fsp3) is 0.222. The number of benzene rings is 1. The molecule has 0 amide bonds. The van der Waals surface area contributed by atoms with E-state index in [9.17, 15) is 17.6 Å². The van der Waals surface area contributed by atoms with Crippen LogP contribution in [0.2, 0.25) is 5.02 Å². The number of rotatable bonds is 3. The largest absolute Gasteiger partial charge is 0.293 e. The van der Waals surface area contributed by atoms with E-state index in [-0.39, 0.29) is 10.6 Å². The van der Waals surface area contributed by atoms with Gasteiger partial charge < -0.3 is 0 Å². The van der Waals surface area contributed by atoms with Crippen LogP contribution in [0.25, 0.3) is 0 Å². The van der Waals surface area contributed by atoms with Crippen molar-refractivity contribution in [2.24, 2.45) is 0 Å². The second kappa shape index (κ2) is 4.28. The Hall–Kier alpha value is -0.940. The van der Waals surface area contributed by atoms with Crippen LogP contribution in [0.5, 0.6) is 0 Å². The highest BCUT2D eigenvalue weighted by Gasteiger charge is 2.19. The maximum absolute atomic E-state index is 13.2. The predicted octanol–water partition coefficient (Wildman–Crippen LogP) is 1.71. The zero-order valence-electron chi connectivity index (χ0n) is 7.83. The van der Waals surface area contributed by atoms with Gasteiger partial charge in [0.2, 0.25) is 0 Å². The van der Waals surface area contributed by atoms with E-state index in [0.29, 0.717) is 0 Å². The highest BCUT2D eigenvalue weighted by Crippen LogP contribution is 2.19. The first kappa shape index (κ1) is 12.1. The molecule has 0 aliphatic heterocycles. The van der Waals surface area contributed by atoms with Crippen LogP contribution in [0.4, 0.5) is 4.39 Å². The monoisotopic (exact) mass is 250 g/mol. The minimum atomic E-state index is -3.48. The second-order valence-electron chi connectivity index (χ2n) is 3.09. The van der Waals surface area contributed by atoms with Crippen LogP contribution >= 0.6 is 11.6 Å². The van der Waals surface area contributed by atoms with Crippen LogP contribution in [0.15, 0.2) is 18.2 Å². The van der Waals surface area contributed by atoms with Crippen LogP contribution in [0.1, 0.15) is 10.4 Å². The maximum Gasteiger partial charge on any atom is 0.182 e. The average molecular weight is 251 g/mol. The predicted molar refractivity (Wildman–Crippen MR) is 55.5 cm³/mol. The van der Waals surface area contributed by atoms with E-state index < -0.39 is 27.2 Å². The maximum atomic E-state index is 13.2. The minimum absolute atomic E-state index is 0.0800. The highest BCUT2D eigenvalue weighted by molar-refractivity contribution is 7.91. The topological polar surface area (TPSA) is 51.2 Å². The van der Waals surface area contributed by atoms with Crippen molar-refractivity contribution in [2.45, 2.75) is 0 Å². The first-order valence-electron chi connectivity index (χ1n) is 3.96. The number of hydrogen-bond donors (Lipinski definition) is 0. The van der Waals surface area contributed by atoms with Crippen molar-refractivity contribution in [3.8, 4) is 0 Å². The van der Waals surface area contributed by atoms with Crippen LogP contribution < -0.4 is 0 Å². The Balaban J connectivity index is 3.12. The van der Waals surface area contributed by atoms with E-state index in [1.807, 2.05) is 0 Å². The van der Waals surface area contributed by atoms with Gasteiger partial charge in [-0.05, 0) is 12.1 Å². The fourth-order valence-corrected chi connectivity index (χ4v) is 1.96. The number of carbonyl (C=O) groups is 1. The molecule has 0 aromatic heterocycles. The van der Waals surface area contributed by atoms with E-state index in [2.05, 4.69) is 0 Å². The molecule has 0 fully saturated rings. The van der Waals surface area contributed by atoms with E-state index in [1.165, 1.54) is 12.1 Å². The molecule has 0 saturated heterocycles. The Morgan fingerprint density at radius 1 is 1.47 bits per heavy atom. The smallest absolute Gasteiger partial charge is 0.182 e. The lowest BCUT2D eigenvalue weighted by Crippen LogP contribution is -2.16. The summed E-state index contributed by atoms with van der Waals surface area (Å²) in [5, 5.41) is -0.0800. The van der Waals surface area contributed by atoms with Gasteiger partial charge >= 0.3 is 0 Å². The molecule has 0 spiro atoms. The number of sulfone groups is 1. The summed E-state index contributed by atoms with van der Waals surface area (Å²) in [5.41, 5.74) is -0.371. The van der Waals surface area contributed by atoms with Crippen molar-refractivity contribution in [1.29, 1.82) is 0 Å². The molecule has 1 aromatic rings. The third-order valence-electron chi connectivity index (χ3n) is 1.63. The fourth-order valence-electron chi connectivity index (χ4n) is 1.07. The molecule has 0 bridgehead atoms. The number of ketones is 1. The van der Waals surface area contributed by atoms with Gasteiger partial charge in [0.05, 0.1) is 10.6 Å². The van der Waals surface area contributed by atoms with Gasteiger partial charge in [0.1, 0.15) is 11.6 Å². The van der Waals surface area contributed by atoms with Crippen LogP contribution in [0, 0.1) is 5.82 Å². The van der Waals surface area contributed by atoms with Gasteiger partial charge in [-0.3, -0.25) is 4.79 Å². The van der Waals surface area contributed by atoms with Gasteiger partial charge in [0.25, 0.3) is 0 Å². The Labute approximate surface area is 91.8 Å². The lowest BCUT2D eigenvalue weighted by molar-refractivity contribution is 0.101. The van der Waals surface area contributed by atoms with Crippen molar-refractivity contribution in [3.63, 3.8) is 0 Å². The summed E-state index contributed by atoms with van der Waals surface area (Å²) in [5.74, 6) is -2.38. The molecule has 0 atom stereocenters. The quantitative estimate of drug-likeness (QED) is 0.768. The summed E-state index contributed by atoms with van der Waals surface area (Å²) < 4.78 is 34.9. The lowest BCUT2D eigenvalue weighted by atomic mass is 10.1. The zero-order chi connectivity index (χ0) is 11.6. The number of Topliss-reactive ketones (excluding diaryl/α,β-unsaturated/α-hetero) is 1. The molecule has 15 heavy (non-hydrogen) atoms. The van der Waals surface area contributed by atoms with Crippen molar-refractivity contribution >= 4 is 27.2 Å².